The van der Waals surface area contributed by atoms with Gasteiger partial charge in [-0.05, 0) is 96.1 Å². The summed E-state index contributed by atoms with van der Waals surface area (Å²) < 4.78 is 15.0. The molecule has 0 saturated heterocycles. The van der Waals surface area contributed by atoms with Crippen LogP contribution in [-0.4, -0.2) is 12.6 Å². The van der Waals surface area contributed by atoms with Crippen molar-refractivity contribution in [3.63, 3.8) is 0 Å². The van der Waals surface area contributed by atoms with Crippen molar-refractivity contribution < 1.29 is 13.6 Å². The highest BCUT2D eigenvalue weighted by atomic mass is 28.3. The van der Waals surface area contributed by atoms with Crippen molar-refractivity contribution in [2.75, 3.05) is 0 Å². The molecular weight excluding hydrogens is 711 g/mol. The predicted octanol–water partition coefficient (Wildman–Crippen LogP) is 11.5. The summed E-state index contributed by atoms with van der Waals surface area (Å²) in [6, 6.07) is 49.9. The largest absolute Gasteiger partial charge is 0.455 e. The van der Waals surface area contributed by atoms with E-state index in [1.54, 1.807) is 0 Å². The van der Waals surface area contributed by atoms with Gasteiger partial charge < -0.3 is 4.42 Å². The lowest BCUT2D eigenvalue weighted by Crippen LogP contribution is -2.72. The molecule has 0 N–H and O–H groups in total. The minimum atomic E-state index is -1.76. The maximum Gasteiger partial charge on any atom is 0.364 e. The van der Waals surface area contributed by atoms with Crippen molar-refractivity contribution in [2.24, 2.45) is 0 Å². The van der Waals surface area contributed by atoms with Crippen LogP contribution in [0.3, 0.4) is 0 Å². The first-order valence-corrected chi connectivity index (χ1v) is 23.8. The molecule has 0 saturated carbocycles. The van der Waals surface area contributed by atoms with E-state index in [2.05, 4.69) is 208 Å². The van der Waals surface area contributed by atoms with Gasteiger partial charge in [-0.25, -0.2) is 0 Å². The molecule has 0 radical (unpaired) electrons. The Balaban J connectivity index is 1.34. The lowest BCUT2D eigenvalue weighted by molar-refractivity contribution is -0.944. The number of hydrogen-bond donors (Lipinski definition) is 0. The first kappa shape index (κ1) is 34.2. The molecule has 278 valence electrons. The summed E-state index contributed by atoms with van der Waals surface area (Å²) in [7, 11) is -1.76. The number of pyridine rings is 1. The number of fused-ring (bicyclic) bond motifs is 16. The van der Waals surface area contributed by atoms with Gasteiger partial charge in [-0.2, -0.15) is 4.57 Å². The van der Waals surface area contributed by atoms with Crippen molar-refractivity contribution in [3.05, 3.63) is 167 Å². The van der Waals surface area contributed by atoms with Crippen LogP contribution < -0.4 is 14.3 Å². The lowest BCUT2D eigenvalue weighted by Gasteiger charge is -2.23. The van der Waals surface area contributed by atoms with Crippen molar-refractivity contribution >= 4 is 46.2 Å². The van der Waals surface area contributed by atoms with Gasteiger partial charge in [-0.3, -0.25) is 0 Å². The third kappa shape index (κ3) is 4.55. The lowest BCUT2D eigenvalue weighted by atomic mass is 9.87. The average molecular weight is 758 g/mol. The Morgan fingerprint density at radius 2 is 1.42 bits per heavy atom. The van der Waals surface area contributed by atoms with Crippen LogP contribution in [0.15, 0.2) is 144 Å². The van der Waals surface area contributed by atoms with Crippen molar-refractivity contribution in [3.8, 4) is 39.5 Å². The summed E-state index contributed by atoms with van der Waals surface area (Å²) in [6.45, 7) is 18.7. The number of para-hydroxylation sites is 2. The molecule has 2 aliphatic heterocycles. The topological polar surface area (TPSA) is 25.8 Å². The molecule has 0 amide bonds. The van der Waals surface area contributed by atoms with Gasteiger partial charge in [-0.1, -0.05) is 119 Å². The first-order valence-electron chi connectivity index (χ1n) is 20.3. The molecule has 4 nitrogen and oxygen atoms in total. The van der Waals surface area contributed by atoms with Gasteiger partial charge >= 0.3 is 11.5 Å². The average Bonchev–Trinajstić information content (AvgIpc) is 3.90. The molecule has 1 atom stereocenters. The summed E-state index contributed by atoms with van der Waals surface area (Å²) in [6.07, 6.45) is 2.52. The maximum atomic E-state index is 7.24. The number of rotatable bonds is 3. The van der Waals surface area contributed by atoms with Gasteiger partial charge in [0.1, 0.15) is 16.8 Å². The fourth-order valence-electron chi connectivity index (χ4n) is 10.1. The molecule has 6 aromatic carbocycles. The number of aromatic nitrogens is 3. The molecule has 5 heterocycles. The number of furan rings is 1. The molecule has 1 unspecified atom stereocenters. The Morgan fingerprint density at radius 1 is 0.702 bits per heavy atom. The third-order valence-electron chi connectivity index (χ3n) is 12.8. The smallest absolute Gasteiger partial charge is 0.364 e. The Morgan fingerprint density at radius 3 is 2.18 bits per heavy atom. The monoisotopic (exact) mass is 757 g/mol. The molecule has 5 heteroatoms. The zero-order valence-corrected chi connectivity index (χ0v) is 35.0. The SMILES string of the molecule is Cc1ccc(-c2cccc3oc4c5c(ccc4c23)C2(c3ccccc3-c3cc(C)c([Si](C)(C)C)c[n+]32)[n+]2c-5n(-c3ccc(C(C)(C)C)cc3)c3ccccc32)cc1. The van der Waals surface area contributed by atoms with Crippen molar-refractivity contribution in [2.45, 2.75) is 65.3 Å². The molecule has 11 rings (SSSR count). The minimum absolute atomic E-state index is 0.0420. The molecule has 3 aromatic heterocycles. The van der Waals surface area contributed by atoms with Gasteiger partial charge in [0.15, 0.2) is 22.8 Å². The highest BCUT2D eigenvalue weighted by Crippen LogP contribution is 2.53. The summed E-state index contributed by atoms with van der Waals surface area (Å²) in [5, 5.41) is 3.76. The van der Waals surface area contributed by atoms with Crippen molar-refractivity contribution in [1.29, 1.82) is 0 Å². The third-order valence-corrected chi connectivity index (χ3v) is 14.9. The number of benzene rings is 6. The van der Waals surface area contributed by atoms with Gasteiger partial charge in [0.25, 0.3) is 0 Å². The second kappa shape index (κ2) is 11.5. The van der Waals surface area contributed by atoms with E-state index in [-0.39, 0.29) is 5.41 Å². The summed E-state index contributed by atoms with van der Waals surface area (Å²) in [5.41, 5.74) is 17.1. The van der Waals surface area contributed by atoms with E-state index in [1.807, 2.05) is 0 Å². The maximum absolute atomic E-state index is 7.24. The number of nitrogens with zero attached hydrogens (tertiary/aromatic N) is 3. The zero-order valence-electron chi connectivity index (χ0n) is 34.0. The number of imidazole rings is 1. The molecule has 0 aliphatic carbocycles. The Bertz CT molecular complexity index is 3150. The van der Waals surface area contributed by atoms with E-state index in [0.717, 1.165) is 39.0 Å². The zero-order chi connectivity index (χ0) is 39.2. The Kier molecular flexibility index (Phi) is 6.92. The van der Waals surface area contributed by atoms with Crippen LogP contribution in [-0.2, 0) is 11.1 Å². The summed E-state index contributed by atoms with van der Waals surface area (Å²) >= 11 is 0. The van der Waals surface area contributed by atoms with Crippen LogP contribution >= 0.6 is 0 Å². The van der Waals surface area contributed by atoms with E-state index in [9.17, 15) is 0 Å². The summed E-state index contributed by atoms with van der Waals surface area (Å²) in [5.74, 6) is 1.13. The van der Waals surface area contributed by atoms with Crippen LogP contribution in [0, 0.1) is 13.8 Å². The molecule has 1 spiro atoms. The van der Waals surface area contributed by atoms with Gasteiger partial charge in [-0.15, -0.1) is 9.13 Å². The van der Waals surface area contributed by atoms with E-state index >= 15 is 0 Å². The molecule has 57 heavy (non-hydrogen) atoms. The van der Waals surface area contributed by atoms with Crippen molar-refractivity contribution in [1.82, 2.24) is 4.57 Å². The van der Waals surface area contributed by atoms with Gasteiger partial charge in [0, 0.05) is 22.0 Å². The van der Waals surface area contributed by atoms with E-state index in [1.165, 1.54) is 66.4 Å². The van der Waals surface area contributed by atoms with Crippen LogP contribution in [0.2, 0.25) is 19.6 Å². The molecule has 2 aliphatic rings. The normalized spacial score (nSPS) is 15.8. The quantitative estimate of drug-likeness (QED) is 0.130. The number of aryl methyl sites for hydroxylation is 2. The van der Waals surface area contributed by atoms with Crippen LogP contribution in [0.5, 0.6) is 0 Å². The molecule has 0 fully saturated rings. The highest BCUT2D eigenvalue weighted by molar-refractivity contribution is 6.88. The van der Waals surface area contributed by atoms with Crippen LogP contribution in [0.4, 0.5) is 0 Å². The number of hydrogen-bond acceptors (Lipinski definition) is 1. The second-order valence-electron chi connectivity index (χ2n) is 18.4. The van der Waals surface area contributed by atoms with E-state index in [4.69, 9.17) is 4.42 Å². The standard InChI is InChI=1S/C52H47N3OSi/c1-32-20-22-34(23-21-32)37-15-13-19-45-47(37)39-28-29-41-48(49(39)56-45)50-54(36-26-24-35(25-27-36)51(3,4)5)42-17-11-12-18-43(42)55(50)52(41)40-16-10-9-14-38(40)44-30-33(2)46(31-53(44)52)57(6,7)8/h9-31H,1-8H3/q+2. The van der Waals surface area contributed by atoms with Gasteiger partial charge in [0.2, 0.25) is 5.69 Å². The Hall–Kier alpha value is -6.04. The fraction of sp³-hybridized carbons (Fsp3) is 0.192. The second-order valence-corrected chi connectivity index (χ2v) is 23.4. The Labute approximate surface area is 335 Å². The van der Waals surface area contributed by atoms with Crippen LogP contribution in [0.1, 0.15) is 48.6 Å². The molecule has 9 aromatic rings. The van der Waals surface area contributed by atoms with E-state index < -0.39 is 13.7 Å². The highest BCUT2D eigenvalue weighted by Gasteiger charge is 2.67. The minimum Gasteiger partial charge on any atom is -0.455 e. The fourth-order valence-corrected chi connectivity index (χ4v) is 11.9. The van der Waals surface area contributed by atoms with Crippen LogP contribution in [0.25, 0.3) is 72.4 Å². The van der Waals surface area contributed by atoms with Gasteiger partial charge in [0.05, 0.1) is 24.8 Å². The molecular formula is C52H47N3OSi+2. The van der Waals surface area contributed by atoms with E-state index in [0.29, 0.717) is 0 Å². The summed E-state index contributed by atoms with van der Waals surface area (Å²) in [4.78, 5) is 0. The predicted molar refractivity (Wildman–Crippen MR) is 236 cm³/mol. The molecule has 0 bridgehead atoms. The first-order chi connectivity index (χ1) is 27.4.